The molecule has 0 aliphatic heterocycles. The molecule has 0 fully saturated rings. The Bertz CT molecular complexity index is 9.61. The summed E-state index contributed by atoms with van der Waals surface area (Å²) in [5.41, 5.74) is 0. The van der Waals surface area contributed by atoms with Crippen molar-refractivity contribution < 1.29 is 9.59 Å². The van der Waals surface area contributed by atoms with E-state index in [2.05, 4.69) is 0 Å². The molecular weight excluding hydrogens is 88.1 g/mol. The summed E-state index contributed by atoms with van der Waals surface area (Å²) in [6, 6.07) is 0. The van der Waals surface area contributed by atoms with E-state index in [4.69, 9.17) is 9.59 Å². The van der Waals surface area contributed by atoms with Gasteiger partial charge in [0.2, 0.25) is 0 Å². The molecule has 32 valence electrons. The maximum Gasteiger partial charge on any atom is 0.106 e. The minimum atomic E-state index is 0. The van der Waals surface area contributed by atoms with Crippen molar-refractivity contribution in [1.82, 2.24) is 0 Å². The highest BCUT2D eigenvalue weighted by molar-refractivity contribution is 7.59. The van der Waals surface area contributed by atoms with E-state index in [0.717, 1.165) is 0 Å². The standard InChI is InChI=1S/2CH2O.H2S/c2*1-2;/h2*1H2;1H2. The number of carbonyl (C=O) groups is 2. The number of rotatable bonds is 0. The lowest BCUT2D eigenvalue weighted by molar-refractivity contribution is -0.0987. The molecular formula is C2H6O2S. The third kappa shape index (κ3) is 110. The normalized spacial score (nSPS) is 1.60. The quantitative estimate of drug-likeness (QED) is 0.414. The SMILES string of the molecule is C=O.C=O.S. The minimum absolute atomic E-state index is 0. The van der Waals surface area contributed by atoms with E-state index >= 15 is 0 Å². The van der Waals surface area contributed by atoms with Crippen molar-refractivity contribution in [2.75, 3.05) is 0 Å². The average molecular weight is 94.1 g/mol. The van der Waals surface area contributed by atoms with Gasteiger partial charge >= 0.3 is 0 Å². The molecule has 3 heteroatoms. The topological polar surface area (TPSA) is 34.1 Å². The Labute approximate surface area is 37.6 Å². The summed E-state index contributed by atoms with van der Waals surface area (Å²) in [7, 11) is 0. The first-order valence-electron chi connectivity index (χ1n) is 0.577. The van der Waals surface area contributed by atoms with Crippen molar-refractivity contribution in [3.8, 4) is 0 Å². The summed E-state index contributed by atoms with van der Waals surface area (Å²) in [6.45, 7) is 4.00. The number of hydrogen-bond acceptors (Lipinski definition) is 2. The smallest absolute Gasteiger partial charge is 0.106 e. The molecule has 0 radical (unpaired) electrons. The second-order valence-corrected chi connectivity index (χ2v) is 0. The monoisotopic (exact) mass is 94.0 g/mol. The van der Waals surface area contributed by atoms with Gasteiger partial charge in [0, 0.05) is 0 Å². The van der Waals surface area contributed by atoms with Crippen molar-refractivity contribution in [3.05, 3.63) is 0 Å². The molecule has 0 saturated carbocycles. The summed E-state index contributed by atoms with van der Waals surface area (Å²) in [5.74, 6) is 0. The van der Waals surface area contributed by atoms with Crippen LogP contribution < -0.4 is 0 Å². The summed E-state index contributed by atoms with van der Waals surface area (Å²) >= 11 is 0. The highest BCUT2D eigenvalue weighted by Crippen LogP contribution is 0.648. The molecule has 0 saturated heterocycles. The predicted molar refractivity (Wildman–Crippen MR) is 24.6 cm³/mol. The van der Waals surface area contributed by atoms with Gasteiger partial charge in [-0.3, -0.25) is 0 Å². The lowest BCUT2D eigenvalue weighted by atomic mass is 11.9. The maximum atomic E-state index is 8.00. The van der Waals surface area contributed by atoms with Crippen LogP contribution in [0.2, 0.25) is 0 Å². The molecule has 0 amide bonds. The van der Waals surface area contributed by atoms with Crippen LogP contribution in [-0.2, 0) is 9.59 Å². The molecule has 0 bridgehead atoms. The Morgan fingerprint density at radius 2 is 0.800 bits per heavy atom. The first-order chi connectivity index (χ1) is 2.00. The molecule has 0 aliphatic carbocycles. The van der Waals surface area contributed by atoms with Gasteiger partial charge in [-0.25, -0.2) is 0 Å². The zero-order valence-corrected chi connectivity index (χ0v) is 3.73. The fourth-order valence-electron chi connectivity index (χ4n) is 0. The van der Waals surface area contributed by atoms with Crippen LogP contribution >= 0.6 is 13.5 Å². The Morgan fingerprint density at radius 1 is 0.800 bits per heavy atom. The largest absolute Gasteiger partial charge is 0.307 e. The zero-order chi connectivity index (χ0) is 4.00. The van der Waals surface area contributed by atoms with E-state index in [1.54, 1.807) is 0 Å². The van der Waals surface area contributed by atoms with Gasteiger partial charge in [0.1, 0.15) is 13.6 Å². The van der Waals surface area contributed by atoms with E-state index in [1.165, 1.54) is 0 Å². The summed E-state index contributed by atoms with van der Waals surface area (Å²) < 4.78 is 0. The number of hydrogen-bond donors (Lipinski definition) is 0. The molecule has 0 heterocycles. The van der Waals surface area contributed by atoms with Crippen molar-refractivity contribution in [2.45, 2.75) is 0 Å². The van der Waals surface area contributed by atoms with Crippen LogP contribution in [0.3, 0.4) is 0 Å². The predicted octanol–water partition coefficient (Wildman–Crippen LogP) is -0.257. The van der Waals surface area contributed by atoms with Crippen molar-refractivity contribution >= 4 is 27.1 Å². The first kappa shape index (κ1) is 22.4. The maximum absolute atomic E-state index is 8.00. The zero-order valence-electron chi connectivity index (χ0n) is 2.73. The van der Waals surface area contributed by atoms with Crippen LogP contribution in [0, 0.1) is 0 Å². The lowest BCUT2D eigenvalue weighted by Crippen LogP contribution is -0.925. The molecule has 0 aliphatic rings. The molecule has 5 heavy (non-hydrogen) atoms. The average Bonchev–Trinajstić information content (AvgIpc) is 1.50. The number of carbonyl (C=O) groups excluding carboxylic acids is 2. The van der Waals surface area contributed by atoms with Gasteiger partial charge in [0.25, 0.3) is 0 Å². The highest BCUT2D eigenvalue weighted by atomic mass is 32.1. The Morgan fingerprint density at radius 3 is 0.800 bits per heavy atom. The van der Waals surface area contributed by atoms with Crippen molar-refractivity contribution in [1.29, 1.82) is 0 Å². The fraction of sp³-hybridized carbons (Fsp3) is 0. The van der Waals surface area contributed by atoms with Crippen LogP contribution in [0.25, 0.3) is 0 Å². The van der Waals surface area contributed by atoms with Crippen molar-refractivity contribution in [3.63, 3.8) is 0 Å². The second kappa shape index (κ2) is 278. The van der Waals surface area contributed by atoms with Crippen molar-refractivity contribution in [2.24, 2.45) is 0 Å². The second-order valence-electron chi connectivity index (χ2n) is 0. The van der Waals surface area contributed by atoms with Crippen LogP contribution in [0.1, 0.15) is 0 Å². The molecule has 0 unspecified atom stereocenters. The Kier molecular flexibility index (Phi) is 1240. The van der Waals surface area contributed by atoms with Gasteiger partial charge in [-0.2, -0.15) is 13.5 Å². The molecule has 0 N–H and O–H groups in total. The Hall–Kier alpha value is -0.310. The molecule has 0 spiro atoms. The van der Waals surface area contributed by atoms with Gasteiger partial charge in [-0.05, 0) is 0 Å². The molecule has 0 atom stereocenters. The third-order valence-electron chi connectivity index (χ3n) is 0. The van der Waals surface area contributed by atoms with Gasteiger partial charge < -0.3 is 9.59 Å². The van der Waals surface area contributed by atoms with Crippen LogP contribution in [0.15, 0.2) is 0 Å². The minimum Gasteiger partial charge on any atom is -0.307 e. The Balaban J connectivity index is -0.0000000133. The molecule has 0 aromatic heterocycles. The summed E-state index contributed by atoms with van der Waals surface area (Å²) in [4.78, 5) is 16.0. The van der Waals surface area contributed by atoms with E-state index in [1.807, 2.05) is 13.6 Å². The van der Waals surface area contributed by atoms with Crippen LogP contribution in [0.5, 0.6) is 0 Å². The van der Waals surface area contributed by atoms with Gasteiger partial charge in [-0.15, -0.1) is 0 Å². The van der Waals surface area contributed by atoms with Gasteiger partial charge in [0.15, 0.2) is 0 Å². The summed E-state index contributed by atoms with van der Waals surface area (Å²) in [6.07, 6.45) is 0. The highest BCUT2D eigenvalue weighted by Gasteiger charge is 0.638. The van der Waals surface area contributed by atoms with E-state index < -0.39 is 0 Å². The third-order valence-corrected chi connectivity index (χ3v) is 0. The molecule has 2 nitrogen and oxygen atoms in total. The fourth-order valence-corrected chi connectivity index (χ4v) is 0. The molecule has 0 aromatic rings. The van der Waals surface area contributed by atoms with Gasteiger partial charge in [0.05, 0.1) is 0 Å². The van der Waals surface area contributed by atoms with E-state index in [9.17, 15) is 0 Å². The van der Waals surface area contributed by atoms with E-state index in [-0.39, 0.29) is 13.5 Å². The molecule has 0 aromatic carbocycles. The molecule has 0 rings (SSSR count). The van der Waals surface area contributed by atoms with E-state index in [0.29, 0.717) is 0 Å². The first-order valence-corrected chi connectivity index (χ1v) is 0.577. The van der Waals surface area contributed by atoms with Gasteiger partial charge in [-0.1, -0.05) is 0 Å². The van der Waals surface area contributed by atoms with Crippen LogP contribution in [0.4, 0.5) is 0 Å². The lowest BCUT2D eigenvalue weighted by Gasteiger charge is -0.837. The summed E-state index contributed by atoms with van der Waals surface area (Å²) in [5, 5.41) is 0. The van der Waals surface area contributed by atoms with Crippen LogP contribution in [-0.4, -0.2) is 13.6 Å².